The second-order valence-electron chi connectivity index (χ2n) is 7.76. The number of likely N-dealkylation sites (tertiary alicyclic amines) is 1. The molecule has 3 nitrogen and oxygen atoms in total. The molecule has 0 radical (unpaired) electrons. The summed E-state index contributed by atoms with van der Waals surface area (Å²) in [7, 11) is 0. The molecule has 1 aliphatic heterocycles. The Labute approximate surface area is 151 Å². The fraction of sp³-hybridized carbons (Fsp3) is 0.636. The molecule has 1 heterocycles. The standard InChI is InChI=1S/C22H31NO2/c24-17-20-14-8-16-23(20)22(25)21(19-12-5-6-13-19)15-7-4-11-18-9-2-1-3-10-18/h1-3,9-10,17,19-21H,4-8,11-16H2/t20-,21?/m0/s1. The van der Waals surface area contributed by atoms with Gasteiger partial charge in [0, 0.05) is 12.5 Å². The number of amides is 1. The molecule has 0 bridgehead atoms. The van der Waals surface area contributed by atoms with Crippen LogP contribution in [-0.4, -0.2) is 29.7 Å². The Morgan fingerprint density at radius 3 is 2.56 bits per heavy atom. The minimum Gasteiger partial charge on any atom is -0.333 e. The number of nitrogens with zero attached hydrogens (tertiary/aromatic N) is 1. The molecule has 3 rings (SSSR count). The molecular formula is C22H31NO2. The van der Waals surface area contributed by atoms with E-state index in [1.807, 2.05) is 4.90 Å². The van der Waals surface area contributed by atoms with Gasteiger partial charge in [0.05, 0.1) is 6.04 Å². The van der Waals surface area contributed by atoms with Crippen molar-refractivity contribution in [2.24, 2.45) is 11.8 Å². The lowest BCUT2D eigenvalue weighted by atomic mass is 9.85. The first-order valence-corrected chi connectivity index (χ1v) is 10.1. The Morgan fingerprint density at radius 1 is 1.08 bits per heavy atom. The van der Waals surface area contributed by atoms with E-state index in [1.165, 1.54) is 31.2 Å². The average molecular weight is 341 g/mol. The molecule has 136 valence electrons. The summed E-state index contributed by atoms with van der Waals surface area (Å²) in [6.45, 7) is 0.773. The van der Waals surface area contributed by atoms with Crippen LogP contribution in [0.15, 0.2) is 30.3 Å². The van der Waals surface area contributed by atoms with E-state index in [0.717, 1.165) is 51.4 Å². The highest BCUT2D eigenvalue weighted by molar-refractivity contribution is 5.82. The highest BCUT2D eigenvalue weighted by Crippen LogP contribution is 2.36. The van der Waals surface area contributed by atoms with Crippen molar-refractivity contribution in [2.75, 3.05) is 6.54 Å². The van der Waals surface area contributed by atoms with Gasteiger partial charge in [0.2, 0.25) is 5.91 Å². The maximum atomic E-state index is 13.1. The third-order valence-corrected chi connectivity index (χ3v) is 6.10. The zero-order valence-corrected chi connectivity index (χ0v) is 15.2. The molecular weight excluding hydrogens is 310 g/mol. The number of hydrogen-bond donors (Lipinski definition) is 0. The van der Waals surface area contributed by atoms with Gasteiger partial charge in [0.15, 0.2) is 0 Å². The van der Waals surface area contributed by atoms with Crippen LogP contribution >= 0.6 is 0 Å². The first kappa shape index (κ1) is 18.2. The molecule has 1 unspecified atom stereocenters. The molecule has 1 aromatic rings. The minimum atomic E-state index is -0.166. The molecule has 0 aromatic heterocycles. The highest BCUT2D eigenvalue weighted by atomic mass is 16.2. The number of aldehydes is 1. The topological polar surface area (TPSA) is 37.4 Å². The summed E-state index contributed by atoms with van der Waals surface area (Å²) in [4.78, 5) is 26.3. The van der Waals surface area contributed by atoms with Gasteiger partial charge >= 0.3 is 0 Å². The van der Waals surface area contributed by atoms with Crippen molar-refractivity contribution in [1.29, 1.82) is 0 Å². The number of benzene rings is 1. The number of aryl methyl sites for hydroxylation is 1. The number of carbonyl (C=O) groups excluding carboxylic acids is 2. The fourth-order valence-electron chi connectivity index (χ4n) is 4.68. The van der Waals surface area contributed by atoms with Crippen molar-refractivity contribution < 1.29 is 9.59 Å². The highest BCUT2D eigenvalue weighted by Gasteiger charge is 2.37. The van der Waals surface area contributed by atoms with E-state index in [1.54, 1.807) is 0 Å². The Kier molecular flexibility index (Phi) is 6.66. The van der Waals surface area contributed by atoms with E-state index in [4.69, 9.17) is 0 Å². The van der Waals surface area contributed by atoms with E-state index < -0.39 is 0 Å². The van der Waals surface area contributed by atoms with Gasteiger partial charge in [-0.2, -0.15) is 0 Å². The number of rotatable bonds is 8. The summed E-state index contributed by atoms with van der Waals surface area (Å²) in [6.07, 6.45) is 12.0. The number of hydrogen-bond acceptors (Lipinski definition) is 2. The first-order chi connectivity index (χ1) is 12.3. The largest absolute Gasteiger partial charge is 0.333 e. The van der Waals surface area contributed by atoms with Gasteiger partial charge in [-0.3, -0.25) is 4.79 Å². The lowest BCUT2D eigenvalue weighted by Gasteiger charge is -2.29. The summed E-state index contributed by atoms with van der Waals surface area (Å²) < 4.78 is 0. The minimum absolute atomic E-state index is 0.138. The SMILES string of the molecule is O=C[C@@H]1CCCN1C(=O)C(CCCCc1ccccc1)C1CCCC1. The molecule has 0 N–H and O–H groups in total. The Balaban J connectivity index is 1.55. The quantitative estimate of drug-likeness (QED) is 0.519. The molecule has 2 aliphatic rings. The van der Waals surface area contributed by atoms with E-state index >= 15 is 0 Å². The van der Waals surface area contributed by atoms with Crippen molar-refractivity contribution in [3.05, 3.63) is 35.9 Å². The zero-order valence-electron chi connectivity index (χ0n) is 15.2. The molecule has 2 atom stereocenters. The van der Waals surface area contributed by atoms with E-state index in [9.17, 15) is 9.59 Å². The van der Waals surface area contributed by atoms with Crippen molar-refractivity contribution in [3.8, 4) is 0 Å². The predicted octanol–water partition coefficient (Wildman–Crippen LogP) is 4.40. The van der Waals surface area contributed by atoms with Crippen LogP contribution in [0, 0.1) is 11.8 Å². The zero-order chi connectivity index (χ0) is 17.5. The van der Waals surface area contributed by atoms with Crippen LogP contribution in [0.5, 0.6) is 0 Å². The third kappa shape index (κ3) is 4.71. The van der Waals surface area contributed by atoms with Gasteiger partial charge < -0.3 is 9.69 Å². The molecule has 1 aromatic carbocycles. The Hall–Kier alpha value is -1.64. The summed E-state index contributed by atoms with van der Waals surface area (Å²) >= 11 is 0. The van der Waals surface area contributed by atoms with Crippen LogP contribution in [0.2, 0.25) is 0 Å². The average Bonchev–Trinajstić information content (AvgIpc) is 3.33. The maximum absolute atomic E-state index is 13.1. The van der Waals surface area contributed by atoms with Crippen molar-refractivity contribution in [3.63, 3.8) is 0 Å². The van der Waals surface area contributed by atoms with Crippen LogP contribution in [-0.2, 0) is 16.0 Å². The van der Waals surface area contributed by atoms with Crippen LogP contribution in [0.25, 0.3) is 0 Å². The van der Waals surface area contributed by atoms with Crippen LogP contribution < -0.4 is 0 Å². The van der Waals surface area contributed by atoms with Crippen molar-refractivity contribution in [2.45, 2.75) is 70.3 Å². The molecule has 1 saturated carbocycles. The van der Waals surface area contributed by atoms with E-state index in [-0.39, 0.29) is 17.9 Å². The summed E-state index contributed by atoms with van der Waals surface area (Å²) in [5.41, 5.74) is 1.38. The second-order valence-corrected chi connectivity index (χ2v) is 7.76. The maximum Gasteiger partial charge on any atom is 0.226 e. The van der Waals surface area contributed by atoms with Gasteiger partial charge in [-0.1, -0.05) is 49.6 Å². The number of unbranched alkanes of at least 4 members (excludes halogenated alkanes) is 1. The van der Waals surface area contributed by atoms with Gasteiger partial charge in [0.25, 0.3) is 0 Å². The fourth-order valence-corrected chi connectivity index (χ4v) is 4.68. The van der Waals surface area contributed by atoms with Crippen LogP contribution in [0.3, 0.4) is 0 Å². The van der Waals surface area contributed by atoms with Crippen LogP contribution in [0.4, 0.5) is 0 Å². The molecule has 2 fully saturated rings. The molecule has 1 saturated heterocycles. The monoisotopic (exact) mass is 341 g/mol. The van der Waals surface area contributed by atoms with Crippen LogP contribution in [0.1, 0.15) is 63.4 Å². The summed E-state index contributed by atoms with van der Waals surface area (Å²) in [6, 6.07) is 10.4. The van der Waals surface area contributed by atoms with Gasteiger partial charge in [0.1, 0.15) is 6.29 Å². The smallest absolute Gasteiger partial charge is 0.226 e. The van der Waals surface area contributed by atoms with Gasteiger partial charge in [-0.15, -0.1) is 0 Å². The van der Waals surface area contributed by atoms with Gasteiger partial charge in [-0.05, 0) is 56.4 Å². The summed E-state index contributed by atoms with van der Waals surface area (Å²) in [5, 5.41) is 0. The summed E-state index contributed by atoms with van der Waals surface area (Å²) in [5.74, 6) is 0.942. The number of carbonyl (C=O) groups is 2. The molecule has 3 heteroatoms. The van der Waals surface area contributed by atoms with Crippen molar-refractivity contribution in [1.82, 2.24) is 4.90 Å². The second kappa shape index (κ2) is 9.17. The third-order valence-electron chi connectivity index (χ3n) is 6.10. The van der Waals surface area contributed by atoms with E-state index in [2.05, 4.69) is 30.3 Å². The molecule has 1 aliphatic carbocycles. The molecule has 25 heavy (non-hydrogen) atoms. The molecule has 1 amide bonds. The van der Waals surface area contributed by atoms with Gasteiger partial charge in [-0.25, -0.2) is 0 Å². The molecule has 0 spiro atoms. The Morgan fingerprint density at radius 2 is 1.84 bits per heavy atom. The lowest BCUT2D eigenvalue weighted by molar-refractivity contribution is -0.140. The first-order valence-electron chi connectivity index (χ1n) is 10.1. The predicted molar refractivity (Wildman–Crippen MR) is 100 cm³/mol. The van der Waals surface area contributed by atoms with E-state index in [0.29, 0.717) is 5.92 Å². The Bertz CT molecular complexity index is 550. The van der Waals surface area contributed by atoms with Crippen molar-refractivity contribution >= 4 is 12.2 Å². The normalized spacial score (nSPS) is 22.2. The lowest BCUT2D eigenvalue weighted by Crippen LogP contribution is -2.42.